The molecule has 0 aromatic heterocycles. The van der Waals surface area contributed by atoms with Crippen molar-refractivity contribution in [3.05, 3.63) is 35.6 Å². The van der Waals surface area contributed by atoms with Crippen LogP contribution < -0.4 is 5.32 Å². The molecule has 0 unspecified atom stereocenters. The number of benzene rings is 1. The van der Waals surface area contributed by atoms with Crippen molar-refractivity contribution >= 4 is 11.9 Å². The van der Waals surface area contributed by atoms with Crippen LogP contribution in [0.2, 0.25) is 0 Å². The van der Waals surface area contributed by atoms with Gasteiger partial charge in [-0.15, -0.1) is 0 Å². The van der Waals surface area contributed by atoms with Crippen molar-refractivity contribution in [1.29, 1.82) is 0 Å². The van der Waals surface area contributed by atoms with Crippen LogP contribution >= 0.6 is 0 Å². The first-order valence-corrected chi connectivity index (χ1v) is 6.76. The van der Waals surface area contributed by atoms with Gasteiger partial charge in [0.05, 0.1) is 12.0 Å². The van der Waals surface area contributed by atoms with Gasteiger partial charge >= 0.3 is 5.97 Å². The highest BCUT2D eigenvalue weighted by Gasteiger charge is 2.34. The van der Waals surface area contributed by atoms with Gasteiger partial charge in [-0.05, 0) is 32.3 Å². The molecule has 108 valence electrons. The Morgan fingerprint density at radius 3 is 2.55 bits per heavy atom. The molecule has 2 N–H and O–H groups in total. The maximum Gasteiger partial charge on any atom is 0.306 e. The molecule has 3 atom stereocenters. The molecule has 1 aliphatic rings. The average Bonchev–Trinajstić information content (AvgIpc) is 2.88. The van der Waals surface area contributed by atoms with Gasteiger partial charge in [-0.1, -0.05) is 18.2 Å². The molecule has 0 spiro atoms. The Balaban J connectivity index is 1.95. The molecule has 1 aromatic rings. The molecule has 20 heavy (non-hydrogen) atoms. The quantitative estimate of drug-likeness (QED) is 0.890. The van der Waals surface area contributed by atoms with Gasteiger partial charge in [-0.25, -0.2) is 4.39 Å². The van der Waals surface area contributed by atoms with Crippen LogP contribution in [0.5, 0.6) is 0 Å². The molecule has 1 aromatic carbocycles. The molecule has 5 heteroatoms. The Morgan fingerprint density at radius 1 is 1.30 bits per heavy atom. The number of nitrogens with one attached hydrogen (secondary N) is 1. The number of hydrogen-bond donors (Lipinski definition) is 2. The third kappa shape index (κ3) is 3.15. The minimum Gasteiger partial charge on any atom is -0.481 e. The molecule has 0 aliphatic heterocycles. The Hall–Kier alpha value is -1.91. The van der Waals surface area contributed by atoms with Crippen LogP contribution in [0.25, 0.3) is 0 Å². The summed E-state index contributed by atoms with van der Waals surface area (Å²) in [5, 5.41) is 11.7. The van der Waals surface area contributed by atoms with E-state index < -0.39 is 17.9 Å². The average molecular weight is 279 g/mol. The van der Waals surface area contributed by atoms with Crippen molar-refractivity contribution in [1.82, 2.24) is 5.32 Å². The second-order valence-electron chi connectivity index (χ2n) is 5.30. The number of carbonyl (C=O) groups excluding carboxylic acids is 1. The highest BCUT2D eigenvalue weighted by Crippen LogP contribution is 2.31. The molecule has 0 radical (unpaired) electrons. The monoisotopic (exact) mass is 279 g/mol. The van der Waals surface area contributed by atoms with Gasteiger partial charge in [0.2, 0.25) is 5.91 Å². The number of carbonyl (C=O) groups is 2. The molecular formula is C15H18FNO3. The van der Waals surface area contributed by atoms with Crippen LogP contribution in [0.4, 0.5) is 4.39 Å². The van der Waals surface area contributed by atoms with Gasteiger partial charge in [-0.2, -0.15) is 0 Å². The minimum absolute atomic E-state index is 0.190. The van der Waals surface area contributed by atoms with E-state index in [9.17, 15) is 14.0 Å². The number of aliphatic carboxylic acids is 1. The fraction of sp³-hybridized carbons (Fsp3) is 0.467. The summed E-state index contributed by atoms with van der Waals surface area (Å²) in [6.45, 7) is 1.72. The summed E-state index contributed by atoms with van der Waals surface area (Å²) >= 11 is 0. The Kier molecular flexibility index (Phi) is 4.37. The fourth-order valence-electron chi connectivity index (χ4n) is 2.68. The molecular weight excluding hydrogens is 261 g/mol. The maximum atomic E-state index is 13.6. The van der Waals surface area contributed by atoms with E-state index in [0.717, 1.165) is 0 Å². The van der Waals surface area contributed by atoms with Crippen LogP contribution in [-0.2, 0) is 9.59 Å². The van der Waals surface area contributed by atoms with Crippen molar-refractivity contribution in [3.63, 3.8) is 0 Å². The molecule has 0 bridgehead atoms. The summed E-state index contributed by atoms with van der Waals surface area (Å²) in [4.78, 5) is 23.0. The van der Waals surface area contributed by atoms with Gasteiger partial charge < -0.3 is 10.4 Å². The Bertz CT molecular complexity index is 518. The predicted octanol–water partition coefficient (Wildman–Crippen LogP) is 2.50. The lowest BCUT2D eigenvalue weighted by Crippen LogP contribution is -2.32. The lowest BCUT2D eigenvalue weighted by Gasteiger charge is -2.18. The third-order valence-corrected chi connectivity index (χ3v) is 3.88. The summed E-state index contributed by atoms with van der Waals surface area (Å²) in [7, 11) is 0. The lowest BCUT2D eigenvalue weighted by atomic mass is 10.0. The first-order valence-electron chi connectivity index (χ1n) is 6.76. The number of halogens is 1. The zero-order valence-electron chi connectivity index (χ0n) is 11.3. The van der Waals surface area contributed by atoms with Crippen molar-refractivity contribution in [2.45, 2.75) is 32.2 Å². The maximum absolute atomic E-state index is 13.6. The molecule has 0 heterocycles. The normalized spacial score (nSPS) is 23.3. The van der Waals surface area contributed by atoms with E-state index in [1.165, 1.54) is 6.07 Å². The number of rotatable bonds is 4. The van der Waals surface area contributed by atoms with Crippen molar-refractivity contribution in [2.24, 2.45) is 11.8 Å². The third-order valence-electron chi connectivity index (χ3n) is 3.88. The standard InChI is InChI=1S/C15H18FNO3/c1-9(12-4-2-3-5-13(12)16)17-14(18)10-6-7-11(8-10)15(19)20/h2-5,9-11H,6-8H2,1H3,(H,17,18)(H,19,20)/t9-,10-,11+/m1/s1. The predicted molar refractivity (Wildman–Crippen MR) is 71.4 cm³/mol. The highest BCUT2D eigenvalue weighted by atomic mass is 19.1. The second-order valence-corrected chi connectivity index (χ2v) is 5.30. The van der Waals surface area contributed by atoms with Crippen LogP contribution in [-0.4, -0.2) is 17.0 Å². The topological polar surface area (TPSA) is 66.4 Å². The van der Waals surface area contributed by atoms with Gasteiger partial charge in [0.1, 0.15) is 5.82 Å². The van der Waals surface area contributed by atoms with Crippen molar-refractivity contribution in [3.8, 4) is 0 Å². The van der Waals surface area contributed by atoms with Gasteiger partial charge in [-0.3, -0.25) is 9.59 Å². The largest absolute Gasteiger partial charge is 0.481 e. The molecule has 2 rings (SSSR count). The van der Waals surface area contributed by atoms with Crippen molar-refractivity contribution in [2.75, 3.05) is 0 Å². The number of hydrogen-bond acceptors (Lipinski definition) is 2. The Morgan fingerprint density at radius 2 is 1.95 bits per heavy atom. The number of amides is 1. The van der Waals surface area contributed by atoms with E-state index in [1.807, 2.05) is 0 Å². The van der Waals surface area contributed by atoms with E-state index in [2.05, 4.69) is 5.32 Å². The minimum atomic E-state index is -0.845. The zero-order valence-corrected chi connectivity index (χ0v) is 11.3. The first kappa shape index (κ1) is 14.5. The lowest BCUT2D eigenvalue weighted by molar-refractivity contribution is -0.141. The summed E-state index contributed by atoms with van der Waals surface area (Å²) in [6, 6.07) is 5.88. The SMILES string of the molecule is C[C@@H](NC(=O)[C@@H]1CC[C@H](C(=O)O)C1)c1ccccc1F. The molecule has 4 nitrogen and oxygen atoms in total. The Labute approximate surface area is 117 Å². The van der Waals surface area contributed by atoms with Gasteiger partial charge in [0.25, 0.3) is 0 Å². The van der Waals surface area contributed by atoms with Crippen LogP contribution in [0.1, 0.15) is 37.8 Å². The second kappa shape index (κ2) is 6.03. The van der Waals surface area contributed by atoms with Gasteiger partial charge in [0.15, 0.2) is 0 Å². The van der Waals surface area contributed by atoms with Crippen molar-refractivity contribution < 1.29 is 19.1 Å². The number of carboxylic acid groups (broad SMARTS) is 1. The molecule has 0 saturated heterocycles. The molecule has 1 aliphatic carbocycles. The summed E-state index contributed by atoms with van der Waals surface area (Å²) < 4.78 is 13.6. The fourth-order valence-corrected chi connectivity index (χ4v) is 2.68. The molecule has 1 saturated carbocycles. The van der Waals surface area contributed by atoms with E-state index in [0.29, 0.717) is 24.8 Å². The smallest absolute Gasteiger partial charge is 0.306 e. The summed E-state index contributed by atoms with van der Waals surface area (Å²) in [6.07, 6.45) is 1.47. The van der Waals surface area contributed by atoms with Gasteiger partial charge in [0, 0.05) is 11.5 Å². The van der Waals surface area contributed by atoms with Crippen LogP contribution in [0, 0.1) is 17.7 Å². The summed E-state index contributed by atoms with van der Waals surface area (Å²) in [5.74, 6) is -2.11. The molecule has 1 amide bonds. The van der Waals surface area contributed by atoms with E-state index in [4.69, 9.17) is 5.11 Å². The van der Waals surface area contributed by atoms with Crippen LogP contribution in [0.15, 0.2) is 24.3 Å². The molecule has 1 fully saturated rings. The zero-order chi connectivity index (χ0) is 14.7. The number of carboxylic acids is 1. The highest BCUT2D eigenvalue weighted by molar-refractivity contribution is 5.81. The first-order chi connectivity index (χ1) is 9.49. The van der Waals surface area contributed by atoms with E-state index in [1.54, 1.807) is 25.1 Å². The van der Waals surface area contributed by atoms with Crippen LogP contribution in [0.3, 0.4) is 0 Å². The van der Waals surface area contributed by atoms with E-state index >= 15 is 0 Å². The van der Waals surface area contributed by atoms with E-state index in [-0.39, 0.29) is 17.6 Å². The summed E-state index contributed by atoms with van der Waals surface area (Å²) in [5.41, 5.74) is 0.439.